The van der Waals surface area contributed by atoms with Crippen molar-refractivity contribution in [3.8, 4) is 23.0 Å². The van der Waals surface area contributed by atoms with Crippen LogP contribution in [0.1, 0.15) is 11.1 Å². The fourth-order valence-corrected chi connectivity index (χ4v) is 2.71. The maximum Gasteiger partial charge on any atom is 0.420 e. The van der Waals surface area contributed by atoms with Crippen molar-refractivity contribution < 1.29 is 32.5 Å². The lowest BCUT2D eigenvalue weighted by molar-refractivity contribution is -0.138. The van der Waals surface area contributed by atoms with Crippen LogP contribution in [0.4, 0.5) is 13.2 Å². The first-order valence-electron chi connectivity index (χ1n) is 8.81. The van der Waals surface area contributed by atoms with Gasteiger partial charge >= 0.3 is 12.1 Å². The Bertz CT molecular complexity index is 1190. The normalized spacial score (nSPS) is 11.1. The van der Waals surface area contributed by atoms with E-state index in [-0.39, 0.29) is 29.2 Å². The molecule has 2 aromatic carbocycles. The van der Waals surface area contributed by atoms with Crippen LogP contribution >= 0.6 is 0 Å². The molecule has 0 amide bonds. The fourth-order valence-electron chi connectivity index (χ4n) is 2.71. The van der Waals surface area contributed by atoms with E-state index in [9.17, 15) is 18.0 Å². The molecule has 0 aliphatic heterocycles. The third-order valence-electron chi connectivity index (χ3n) is 4.07. The number of alkyl halides is 3. The van der Waals surface area contributed by atoms with Crippen LogP contribution in [0, 0.1) is 10.8 Å². The highest BCUT2D eigenvalue weighted by atomic mass is 19.4. The molecule has 0 bridgehead atoms. The highest BCUT2D eigenvalue weighted by Gasteiger charge is 2.35. The third kappa shape index (κ3) is 5.50. The number of halogens is 3. The average molecular weight is 431 g/mol. The third-order valence-corrected chi connectivity index (χ3v) is 4.07. The zero-order valence-corrected chi connectivity index (χ0v) is 15.8. The predicted molar refractivity (Wildman–Crippen MR) is 104 cm³/mol. The number of hydrogen-bond acceptors (Lipinski definition) is 5. The van der Waals surface area contributed by atoms with Crippen LogP contribution < -0.4 is 15.0 Å². The molecule has 0 aliphatic rings. The molecule has 31 heavy (non-hydrogen) atoms. The number of carbonyl (C=O) groups is 1. The Labute approximate surface area is 173 Å². The second-order valence-electron chi connectivity index (χ2n) is 6.36. The van der Waals surface area contributed by atoms with Crippen LogP contribution in [0.2, 0.25) is 0 Å². The summed E-state index contributed by atoms with van der Waals surface area (Å²) >= 11 is 0. The SMILES string of the molecule is N=Cn1ccc(Oc2ccc(Oc3cccc(CC(=O)O)c3)c(C(F)(F)F)c2)cc1=N. The van der Waals surface area contributed by atoms with Gasteiger partial charge in [0.25, 0.3) is 0 Å². The predicted octanol–water partition coefficient (Wildman–Crippen LogP) is 4.65. The first-order valence-corrected chi connectivity index (χ1v) is 8.81. The van der Waals surface area contributed by atoms with Crippen molar-refractivity contribution in [1.82, 2.24) is 4.57 Å². The number of carboxylic acid groups (broad SMARTS) is 1. The minimum Gasteiger partial charge on any atom is -0.481 e. The van der Waals surface area contributed by atoms with Crippen molar-refractivity contribution in [2.75, 3.05) is 0 Å². The van der Waals surface area contributed by atoms with Crippen LogP contribution in [0.15, 0.2) is 60.8 Å². The van der Waals surface area contributed by atoms with E-state index in [1.807, 2.05) is 0 Å². The summed E-state index contributed by atoms with van der Waals surface area (Å²) in [5, 5.41) is 23.7. The summed E-state index contributed by atoms with van der Waals surface area (Å²) in [6, 6.07) is 11.6. The second kappa shape index (κ2) is 8.74. The number of rotatable bonds is 7. The molecule has 0 radical (unpaired) electrons. The monoisotopic (exact) mass is 431 g/mol. The summed E-state index contributed by atoms with van der Waals surface area (Å²) in [5.41, 5.74) is -0.772. The summed E-state index contributed by atoms with van der Waals surface area (Å²) in [6.07, 6.45) is -2.75. The molecule has 10 heteroatoms. The lowest BCUT2D eigenvalue weighted by Crippen LogP contribution is -2.17. The maximum atomic E-state index is 13.6. The fraction of sp³-hybridized carbons (Fsp3) is 0.0952. The number of pyridine rings is 1. The van der Waals surface area contributed by atoms with Gasteiger partial charge in [-0.3, -0.25) is 20.2 Å². The number of aliphatic carboxylic acids is 1. The van der Waals surface area contributed by atoms with Gasteiger partial charge in [-0.05, 0) is 42.0 Å². The molecule has 3 aromatic rings. The summed E-state index contributed by atoms with van der Waals surface area (Å²) in [4.78, 5) is 10.8. The van der Waals surface area contributed by atoms with Gasteiger partial charge in [0.05, 0.1) is 12.8 Å². The van der Waals surface area contributed by atoms with E-state index in [0.717, 1.165) is 18.5 Å². The number of carboxylic acids is 1. The van der Waals surface area contributed by atoms with Gasteiger partial charge in [0.15, 0.2) is 0 Å². The number of benzene rings is 2. The molecule has 0 aliphatic carbocycles. The highest BCUT2D eigenvalue weighted by Crippen LogP contribution is 2.41. The van der Waals surface area contributed by atoms with Crippen molar-refractivity contribution in [3.63, 3.8) is 0 Å². The molecular formula is C21H16F3N3O4. The highest BCUT2D eigenvalue weighted by molar-refractivity contribution is 5.70. The Morgan fingerprint density at radius 3 is 2.39 bits per heavy atom. The number of hydrogen-bond donors (Lipinski definition) is 3. The number of aromatic nitrogens is 1. The molecule has 0 saturated carbocycles. The number of nitrogens with one attached hydrogen (secondary N) is 2. The zero-order chi connectivity index (χ0) is 22.6. The largest absolute Gasteiger partial charge is 0.481 e. The standard InChI is InChI=1S/C21H16F3N3O4/c22-21(23,24)17-10-15(30-16-6-7-27(12-25)19(26)11-16)4-5-18(17)31-14-3-1-2-13(8-14)9-20(28)29/h1-8,10-12,25-26H,9H2,(H,28,29). The van der Waals surface area contributed by atoms with E-state index >= 15 is 0 Å². The summed E-state index contributed by atoms with van der Waals surface area (Å²) in [7, 11) is 0. The van der Waals surface area contributed by atoms with Crippen molar-refractivity contribution in [3.05, 3.63) is 77.4 Å². The maximum absolute atomic E-state index is 13.6. The molecule has 1 aromatic heterocycles. The first kappa shape index (κ1) is 21.6. The summed E-state index contributed by atoms with van der Waals surface area (Å²) < 4.78 is 52.8. The lowest BCUT2D eigenvalue weighted by atomic mass is 10.1. The number of nitrogens with zero attached hydrogens (tertiary/aromatic N) is 1. The van der Waals surface area contributed by atoms with E-state index in [4.69, 9.17) is 25.4 Å². The van der Waals surface area contributed by atoms with Crippen molar-refractivity contribution in [1.29, 1.82) is 10.8 Å². The molecule has 0 unspecified atom stereocenters. The minimum absolute atomic E-state index is 0.0658. The van der Waals surface area contributed by atoms with Crippen molar-refractivity contribution >= 4 is 12.3 Å². The Balaban J connectivity index is 1.90. The van der Waals surface area contributed by atoms with Crippen LogP contribution in [-0.2, 0) is 17.4 Å². The Morgan fingerprint density at radius 1 is 1.03 bits per heavy atom. The van der Waals surface area contributed by atoms with Gasteiger partial charge in [-0.15, -0.1) is 0 Å². The van der Waals surface area contributed by atoms with Crippen molar-refractivity contribution in [2.45, 2.75) is 12.6 Å². The van der Waals surface area contributed by atoms with Crippen molar-refractivity contribution in [2.24, 2.45) is 0 Å². The molecule has 3 N–H and O–H groups in total. The van der Waals surface area contributed by atoms with Gasteiger partial charge in [-0.2, -0.15) is 13.2 Å². The molecule has 0 saturated heterocycles. The van der Waals surface area contributed by atoms with Crippen LogP contribution in [-0.4, -0.2) is 22.0 Å². The first-order chi connectivity index (χ1) is 14.7. The Hall–Kier alpha value is -4.08. The average Bonchev–Trinajstić information content (AvgIpc) is 2.68. The van der Waals surface area contributed by atoms with Gasteiger partial charge in [0, 0.05) is 12.3 Å². The Kier molecular flexibility index (Phi) is 6.10. The molecule has 7 nitrogen and oxygen atoms in total. The van der Waals surface area contributed by atoms with Crippen LogP contribution in [0.3, 0.4) is 0 Å². The van der Waals surface area contributed by atoms with Crippen LogP contribution in [0.5, 0.6) is 23.0 Å². The lowest BCUT2D eigenvalue weighted by Gasteiger charge is -2.16. The topological polar surface area (TPSA) is 108 Å². The zero-order valence-electron chi connectivity index (χ0n) is 15.8. The number of ether oxygens (including phenoxy) is 2. The second-order valence-corrected chi connectivity index (χ2v) is 6.36. The Morgan fingerprint density at radius 2 is 1.74 bits per heavy atom. The molecule has 1 heterocycles. The van der Waals surface area contributed by atoms with Gasteiger partial charge in [0.1, 0.15) is 34.0 Å². The summed E-state index contributed by atoms with van der Waals surface area (Å²) in [6.45, 7) is 0. The van der Waals surface area contributed by atoms with Gasteiger partial charge < -0.3 is 14.6 Å². The summed E-state index contributed by atoms with van der Waals surface area (Å²) in [5.74, 6) is -1.46. The molecular weight excluding hydrogens is 415 g/mol. The molecule has 160 valence electrons. The van der Waals surface area contributed by atoms with E-state index in [2.05, 4.69) is 0 Å². The van der Waals surface area contributed by atoms with E-state index < -0.39 is 23.5 Å². The van der Waals surface area contributed by atoms with E-state index in [0.29, 0.717) is 5.56 Å². The quantitative estimate of drug-likeness (QED) is 0.374. The van der Waals surface area contributed by atoms with Gasteiger partial charge in [0.2, 0.25) is 0 Å². The van der Waals surface area contributed by atoms with Gasteiger partial charge in [-0.25, -0.2) is 0 Å². The molecule has 0 fully saturated rings. The van der Waals surface area contributed by atoms with Gasteiger partial charge in [-0.1, -0.05) is 12.1 Å². The molecule has 0 spiro atoms. The molecule has 0 atom stereocenters. The molecule has 3 rings (SSSR count). The van der Waals surface area contributed by atoms with Crippen LogP contribution in [0.25, 0.3) is 0 Å². The minimum atomic E-state index is -4.74. The smallest absolute Gasteiger partial charge is 0.420 e. The van der Waals surface area contributed by atoms with E-state index in [1.165, 1.54) is 53.2 Å². The van der Waals surface area contributed by atoms with E-state index in [1.54, 1.807) is 0 Å².